The SMILES string of the molecule is Cc1cc(C(C)(C)NNC(=O)c2cnccc2C(F)(F)F)on1. The largest absolute Gasteiger partial charge is 0.417 e. The van der Waals surface area contributed by atoms with Crippen molar-refractivity contribution in [2.75, 3.05) is 0 Å². The number of carbonyl (C=O) groups excluding carboxylic acids is 1. The average molecular weight is 328 g/mol. The third-order valence-electron chi connectivity index (χ3n) is 3.10. The van der Waals surface area contributed by atoms with Crippen LogP contribution in [0.5, 0.6) is 0 Å². The Morgan fingerprint density at radius 2 is 2.00 bits per heavy atom. The number of pyridine rings is 1. The second-order valence-corrected chi connectivity index (χ2v) is 5.46. The molecule has 0 aliphatic heterocycles. The van der Waals surface area contributed by atoms with Crippen LogP contribution in [0.25, 0.3) is 0 Å². The van der Waals surface area contributed by atoms with E-state index < -0.39 is 28.7 Å². The number of aromatic nitrogens is 2. The Labute approximate surface area is 130 Å². The van der Waals surface area contributed by atoms with Crippen molar-refractivity contribution < 1.29 is 22.5 Å². The molecule has 23 heavy (non-hydrogen) atoms. The van der Waals surface area contributed by atoms with Gasteiger partial charge < -0.3 is 4.52 Å². The molecule has 0 saturated heterocycles. The molecular formula is C14H15F3N4O2. The van der Waals surface area contributed by atoms with E-state index in [9.17, 15) is 18.0 Å². The van der Waals surface area contributed by atoms with Crippen LogP contribution < -0.4 is 10.9 Å². The molecule has 2 rings (SSSR count). The fourth-order valence-electron chi connectivity index (χ4n) is 1.82. The minimum atomic E-state index is -4.65. The first-order valence-electron chi connectivity index (χ1n) is 6.64. The molecule has 0 fully saturated rings. The van der Waals surface area contributed by atoms with Crippen LogP contribution >= 0.6 is 0 Å². The molecule has 0 spiro atoms. The van der Waals surface area contributed by atoms with Crippen LogP contribution in [0.1, 0.15) is 41.2 Å². The molecule has 2 heterocycles. The smallest absolute Gasteiger partial charge is 0.359 e. The predicted molar refractivity (Wildman–Crippen MR) is 74.1 cm³/mol. The number of aryl methyl sites for hydroxylation is 1. The van der Waals surface area contributed by atoms with E-state index in [-0.39, 0.29) is 0 Å². The van der Waals surface area contributed by atoms with Crippen molar-refractivity contribution in [3.8, 4) is 0 Å². The van der Waals surface area contributed by atoms with Gasteiger partial charge in [-0.05, 0) is 26.8 Å². The highest BCUT2D eigenvalue weighted by molar-refractivity contribution is 5.95. The minimum absolute atomic E-state index is 0.428. The van der Waals surface area contributed by atoms with Gasteiger partial charge in [-0.25, -0.2) is 5.43 Å². The highest BCUT2D eigenvalue weighted by atomic mass is 19.4. The van der Waals surface area contributed by atoms with E-state index in [1.54, 1.807) is 26.8 Å². The van der Waals surface area contributed by atoms with E-state index in [2.05, 4.69) is 21.0 Å². The quantitative estimate of drug-likeness (QED) is 0.843. The summed E-state index contributed by atoms with van der Waals surface area (Å²) in [5, 5.41) is 3.73. The van der Waals surface area contributed by atoms with Gasteiger partial charge in [0.2, 0.25) is 0 Å². The average Bonchev–Trinajstić information content (AvgIpc) is 2.91. The summed E-state index contributed by atoms with van der Waals surface area (Å²) in [7, 11) is 0. The molecule has 0 unspecified atom stereocenters. The van der Waals surface area contributed by atoms with Gasteiger partial charge in [-0.1, -0.05) is 5.16 Å². The number of halogens is 3. The summed E-state index contributed by atoms with van der Waals surface area (Å²) in [6.07, 6.45) is -2.80. The van der Waals surface area contributed by atoms with Gasteiger partial charge in [0.1, 0.15) is 0 Å². The van der Waals surface area contributed by atoms with Crippen molar-refractivity contribution in [3.63, 3.8) is 0 Å². The van der Waals surface area contributed by atoms with Crippen LogP contribution in [0, 0.1) is 6.92 Å². The Balaban J connectivity index is 2.14. The zero-order valence-electron chi connectivity index (χ0n) is 12.7. The highest BCUT2D eigenvalue weighted by Crippen LogP contribution is 2.31. The highest BCUT2D eigenvalue weighted by Gasteiger charge is 2.35. The number of rotatable bonds is 4. The van der Waals surface area contributed by atoms with Crippen molar-refractivity contribution in [1.82, 2.24) is 21.0 Å². The standard InChI is InChI=1S/C14H15F3N4O2/c1-8-6-11(23-20-8)13(2,3)21-19-12(22)9-7-18-5-4-10(9)14(15,16)17/h4-7,21H,1-3H3,(H,19,22). The molecule has 0 aliphatic rings. The topological polar surface area (TPSA) is 80.0 Å². The molecule has 0 atom stereocenters. The molecule has 0 aliphatic carbocycles. The molecule has 9 heteroatoms. The molecule has 2 aromatic heterocycles. The summed E-state index contributed by atoms with van der Waals surface area (Å²) < 4.78 is 43.8. The first-order valence-corrected chi connectivity index (χ1v) is 6.64. The molecule has 0 saturated carbocycles. The first kappa shape index (κ1) is 16.9. The zero-order chi connectivity index (χ0) is 17.3. The second-order valence-electron chi connectivity index (χ2n) is 5.46. The molecule has 2 N–H and O–H groups in total. The van der Waals surface area contributed by atoms with Gasteiger partial charge in [-0.3, -0.25) is 15.2 Å². The molecule has 0 radical (unpaired) electrons. The van der Waals surface area contributed by atoms with Crippen LogP contribution in [-0.2, 0) is 11.7 Å². The molecule has 124 valence electrons. The number of nitrogens with zero attached hydrogens (tertiary/aromatic N) is 2. The third kappa shape index (κ3) is 3.86. The second kappa shape index (κ2) is 5.99. The third-order valence-corrected chi connectivity index (χ3v) is 3.10. The van der Waals surface area contributed by atoms with Crippen LogP contribution in [-0.4, -0.2) is 16.0 Å². The molecule has 0 bridgehead atoms. The minimum Gasteiger partial charge on any atom is -0.359 e. The number of alkyl halides is 3. The maximum absolute atomic E-state index is 12.9. The number of hydrogen-bond acceptors (Lipinski definition) is 5. The lowest BCUT2D eigenvalue weighted by Crippen LogP contribution is -2.49. The van der Waals surface area contributed by atoms with E-state index in [1.807, 2.05) is 0 Å². The number of carbonyl (C=O) groups is 1. The van der Waals surface area contributed by atoms with Gasteiger partial charge in [0, 0.05) is 18.5 Å². The van der Waals surface area contributed by atoms with E-state index in [0.29, 0.717) is 11.5 Å². The fraction of sp³-hybridized carbons (Fsp3) is 0.357. The van der Waals surface area contributed by atoms with Crippen molar-refractivity contribution in [2.45, 2.75) is 32.5 Å². The van der Waals surface area contributed by atoms with Crippen molar-refractivity contribution >= 4 is 5.91 Å². The first-order chi connectivity index (χ1) is 10.6. The monoisotopic (exact) mass is 328 g/mol. The summed E-state index contributed by atoms with van der Waals surface area (Å²) in [4.78, 5) is 15.6. The van der Waals surface area contributed by atoms with Crippen molar-refractivity contribution in [1.29, 1.82) is 0 Å². The predicted octanol–water partition coefficient (Wildman–Crippen LogP) is 2.57. The fourth-order valence-corrected chi connectivity index (χ4v) is 1.82. The summed E-state index contributed by atoms with van der Waals surface area (Å²) in [6, 6.07) is 2.41. The number of hydrazine groups is 1. The Morgan fingerprint density at radius 3 is 2.57 bits per heavy atom. The van der Waals surface area contributed by atoms with Crippen LogP contribution in [0.3, 0.4) is 0 Å². The van der Waals surface area contributed by atoms with Gasteiger partial charge in [0.25, 0.3) is 5.91 Å². The lowest BCUT2D eigenvalue weighted by atomic mass is 10.0. The number of amides is 1. The molecule has 2 aromatic rings. The summed E-state index contributed by atoms with van der Waals surface area (Å²) in [6.45, 7) is 5.09. The van der Waals surface area contributed by atoms with E-state index >= 15 is 0 Å². The lowest BCUT2D eigenvalue weighted by Gasteiger charge is -2.23. The van der Waals surface area contributed by atoms with Crippen LogP contribution in [0.15, 0.2) is 29.0 Å². The van der Waals surface area contributed by atoms with E-state index in [0.717, 1.165) is 18.5 Å². The number of nitrogens with one attached hydrogen (secondary N) is 2. The Bertz CT molecular complexity index is 710. The Kier molecular flexibility index (Phi) is 4.42. The molecule has 6 nitrogen and oxygen atoms in total. The van der Waals surface area contributed by atoms with Gasteiger partial charge in [0.15, 0.2) is 5.76 Å². The summed E-state index contributed by atoms with van der Waals surface area (Å²) in [5.74, 6) is -0.521. The maximum Gasteiger partial charge on any atom is 0.417 e. The van der Waals surface area contributed by atoms with Crippen molar-refractivity contribution in [2.24, 2.45) is 0 Å². The molecule has 1 amide bonds. The van der Waals surface area contributed by atoms with Gasteiger partial charge >= 0.3 is 6.18 Å². The van der Waals surface area contributed by atoms with Crippen LogP contribution in [0.2, 0.25) is 0 Å². The van der Waals surface area contributed by atoms with Gasteiger partial charge in [0.05, 0.1) is 22.4 Å². The maximum atomic E-state index is 12.9. The van der Waals surface area contributed by atoms with E-state index in [4.69, 9.17) is 4.52 Å². The summed E-state index contributed by atoms with van der Waals surface area (Å²) in [5.41, 5.74) is 3.03. The van der Waals surface area contributed by atoms with Gasteiger partial charge in [-0.2, -0.15) is 13.2 Å². The van der Waals surface area contributed by atoms with Crippen molar-refractivity contribution in [3.05, 3.63) is 47.1 Å². The normalized spacial score (nSPS) is 12.3. The van der Waals surface area contributed by atoms with E-state index in [1.165, 1.54) is 0 Å². The summed E-state index contributed by atoms with van der Waals surface area (Å²) >= 11 is 0. The Hall–Kier alpha value is -2.42. The number of hydrogen-bond donors (Lipinski definition) is 2. The molecular weight excluding hydrogens is 313 g/mol. The molecule has 0 aromatic carbocycles. The van der Waals surface area contributed by atoms with Gasteiger partial charge in [-0.15, -0.1) is 0 Å². The Morgan fingerprint density at radius 1 is 1.30 bits per heavy atom. The van der Waals surface area contributed by atoms with Crippen LogP contribution in [0.4, 0.5) is 13.2 Å². The lowest BCUT2D eigenvalue weighted by molar-refractivity contribution is -0.138. The zero-order valence-corrected chi connectivity index (χ0v) is 12.7.